The number of ether oxygens (including phenoxy) is 1. The molecule has 2 aromatic carbocycles. The van der Waals surface area contributed by atoms with E-state index in [1.807, 2.05) is 49.4 Å². The monoisotopic (exact) mass is 347 g/mol. The van der Waals surface area contributed by atoms with Crippen LogP contribution >= 0.6 is 23.8 Å². The summed E-state index contributed by atoms with van der Waals surface area (Å²) in [5, 5.41) is 8.11. The van der Waals surface area contributed by atoms with E-state index in [4.69, 9.17) is 28.6 Å². The number of hydrogen-bond donors (Lipinski definition) is 2. The third kappa shape index (κ3) is 5.88. The molecule has 0 unspecified atom stereocenters. The molecule has 0 fully saturated rings. The van der Waals surface area contributed by atoms with Crippen molar-refractivity contribution in [2.45, 2.75) is 13.3 Å². The summed E-state index contributed by atoms with van der Waals surface area (Å²) in [4.78, 5) is 0. The van der Waals surface area contributed by atoms with Crippen molar-refractivity contribution in [1.82, 2.24) is 5.43 Å². The van der Waals surface area contributed by atoms with Gasteiger partial charge in [-0.15, -0.1) is 0 Å². The van der Waals surface area contributed by atoms with E-state index in [1.54, 1.807) is 12.3 Å². The van der Waals surface area contributed by atoms with Gasteiger partial charge in [-0.25, -0.2) is 0 Å². The van der Waals surface area contributed by atoms with E-state index in [0.717, 1.165) is 17.7 Å². The van der Waals surface area contributed by atoms with Gasteiger partial charge in [0, 0.05) is 5.69 Å². The van der Waals surface area contributed by atoms with Crippen LogP contribution in [0.25, 0.3) is 0 Å². The summed E-state index contributed by atoms with van der Waals surface area (Å²) in [5.74, 6) is 0.680. The van der Waals surface area contributed by atoms with Gasteiger partial charge in [0.25, 0.3) is 0 Å². The summed E-state index contributed by atoms with van der Waals surface area (Å²) in [5.41, 5.74) is 4.52. The predicted molar refractivity (Wildman–Crippen MR) is 101 cm³/mol. The van der Waals surface area contributed by atoms with Gasteiger partial charge in [0.1, 0.15) is 5.75 Å². The van der Waals surface area contributed by atoms with E-state index in [9.17, 15) is 0 Å². The molecule has 0 aliphatic rings. The Morgan fingerprint density at radius 1 is 1.26 bits per heavy atom. The standard InChI is InChI=1S/C17H18ClN3OS/c1-2-10-22-16-9-8-13(11-15(16)18)12-19-21-17(23)20-14-6-4-3-5-7-14/h3-9,11-12H,2,10H2,1H3,(H2,20,21,23)/b19-12+. The zero-order valence-corrected chi connectivity index (χ0v) is 14.3. The molecule has 0 saturated heterocycles. The Bertz CT molecular complexity index is 677. The number of nitrogens with one attached hydrogen (secondary N) is 2. The fourth-order valence-electron chi connectivity index (χ4n) is 1.77. The smallest absolute Gasteiger partial charge is 0.191 e. The van der Waals surface area contributed by atoms with Crippen LogP contribution in [0.2, 0.25) is 5.02 Å². The lowest BCUT2D eigenvalue weighted by Crippen LogP contribution is -2.23. The molecule has 2 N–H and O–H groups in total. The van der Waals surface area contributed by atoms with Crippen LogP contribution in [0.5, 0.6) is 5.75 Å². The van der Waals surface area contributed by atoms with Crippen LogP contribution in [0.15, 0.2) is 53.6 Å². The highest BCUT2D eigenvalue weighted by Crippen LogP contribution is 2.24. The lowest BCUT2D eigenvalue weighted by Gasteiger charge is -2.07. The number of hydrazone groups is 1. The van der Waals surface area contributed by atoms with Crippen molar-refractivity contribution in [3.8, 4) is 5.75 Å². The number of hydrogen-bond acceptors (Lipinski definition) is 3. The van der Waals surface area contributed by atoms with Crippen molar-refractivity contribution in [3.63, 3.8) is 0 Å². The molecular weight excluding hydrogens is 330 g/mol. The minimum absolute atomic E-state index is 0.418. The van der Waals surface area contributed by atoms with Crippen molar-refractivity contribution in [2.24, 2.45) is 5.10 Å². The highest BCUT2D eigenvalue weighted by Gasteiger charge is 2.01. The number of para-hydroxylation sites is 1. The van der Waals surface area contributed by atoms with Crippen LogP contribution in [-0.2, 0) is 0 Å². The maximum atomic E-state index is 6.17. The highest BCUT2D eigenvalue weighted by molar-refractivity contribution is 7.80. The van der Waals surface area contributed by atoms with Gasteiger partial charge in [0.15, 0.2) is 5.11 Å². The molecule has 0 amide bonds. The molecule has 2 aromatic rings. The molecule has 0 aliphatic heterocycles. The van der Waals surface area contributed by atoms with Crippen molar-refractivity contribution in [3.05, 3.63) is 59.1 Å². The second-order valence-corrected chi connectivity index (χ2v) is 5.54. The van der Waals surface area contributed by atoms with E-state index in [2.05, 4.69) is 15.8 Å². The van der Waals surface area contributed by atoms with Gasteiger partial charge in [0.2, 0.25) is 0 Å². The van der Waals surface area contributed by atoms with Gasteiger partial charge < -0.3 is 10.1 Å². The van der Waals surface area contributed by atoms with Crippen LogP contribution in [0.1, 0.15) is 18.9 Å². The van der Waals surface area contributed by atoms with E-state index in [0.29, 0.717) is 22.5 Å². The van der Waals surface area contributed by atoms with Crippen LogP contribution in [-0.4, -0.2) is 17.9 Å². The first-order chi connectivity index (χ1) is 11.2. The molecule has 120 valence electrons. The third-order valence-electron chi connectivity index (χ3n) is 2.83. The van der Waals surface area contributed by atoms with Gasteiger partial charge >= 0.3 is 0 Å². The Labute approximate surface area is 146 Å². The number of benzene rings is 2. The van der Waals surface area contributed by atoms with Crippen molar-refractivity contribution in [2.75, 3.05) is 11.9 Å². The minimum Gasteiger partial charge on any atom is -0.492 e. The molecule has 0 heterocycles. The molecule has 2 rings (SSSR count). The molecule has 4 nitrogen and oxygen atoms in total. The summed E-state index contributed by atoms with van der Waals surface area (Å²) in [6.07, 6.45) is 2.59. The van der Waals surface area contributed by atoms with Crippen LogP contribution in [0.4, 0.5) is 5.69 Å². The lowest BCUT2D eigenvalue weighted by molar-refractivity contribution is 0.317. The van der Waals surface area contributed by atoms with Crippen molar-refractivity contribution in [1.29, 1.82) is 0 Å². The molecule has 0 bridgehead atoms. The number of anilines is 1. The largest absolute Gasteiger partial charge is 0.492 e. The first kappa shape index (κ1) is 17.2. The van der Waals surface area contributed by atoms with Crippen LogP contribution in [0.3, 0.4) is 0 Å². The Hall–Kier alpha value is -2.11. The van der Waals surface area contributed by atoms with E-state index >= 15 is 0 Å². The maximum absolute atomic E-state index is 6.17. The van der Waals surface area contributed by atoms with Crippen molar-refractivity contribution >= 4 is 40.8 Å². The molecule has 0 saturated carbocycles. The van der Waals surface area contributed by atoms with Crippen molar-refractivity contribution < 1.29 is 4.74 Å². The van der Waals surface area contributed by atoms with Gasteiger partial charge in [0.05, 0.1) is 17.8 Å². The Kier molecular flexibility index (Phi) is 6.84. The fraction of sp³-hybridized carbons (Fsp3) is 0.176. The number of halogens is 1. The summed E-state index contributed by atoms with van der Waals surface area (Å²) < 4.78 is 5.53. The molecule has 0 atom stereocenters. The second kappa shape index (κ2) is 9.12. The fourth-order valence-corrected chi connectivity index (χ4v) is 2.19. The van der Waals surface area contributed by atoms with E-state index in [1.165, 1.54) is 0 Å². The van der Waals surface area contributed by atoms with Crippen LogP contribution in [0, 0.1) is 0 Å². The topological polar surface area (TPSA) is 45.6 Å². The van der Waals surface area contributed by atoms with Gasteiger partial charge in [-0.3, -0.25) is 5.43 Å². The molecule has 0 spiro atoms. The average molecular weight is 348 g/mol. The second-order valence-electron chi connectivity index (χ2n) is 4.73. The lowest BCUT2D eigenvalue weighted by atomic mass is 10.2. The zero-order chi connectivity index (χ0) is 16.5. The molecular formula is C17H18ClN3OS. The normalized spacial score (nSPS) is 10.5. The summed E-state index contributed by atoms with van der Waals surface area (Å²) in [7, 11) is 0. The SMILES string of the molecule is CCCOc1ccc(/C=N/NC(=S)Nc2ccccc2)cc1Cl. The van der Waals surface area contributed by atoms with Gasteiger partial charge in [-0.05, 0) is 54.5 Å². The molecule has 0 aromatic heterocycles. The third-order valence-corrected chi connectivity index (χ3v) is 3.32. The summed E-state index contributed by atoms with van der Waals surface area (Å²) >= 11 is 11.3. The molecule has 23 heavy (non-hydrogen) atoms. The number of nitrogens with zero attached hydrogens (tertiary/aromatic N) is 1. The quantitative estimate of drug-likeness (QED) is 0.460. The predicted octanol–water partition coefficient (Wildman–Crippen LogP) is 4.45. The molecule has 6 heteroatoms. The average Bonchev–Trinajstić information content (AvgIpc) is 2.55. The summed E-state index contributed by atoms with van der Waals surface area (Å²) in [6.45, 7) is 2.70. The Balaban J connectivity index is 1.87. The van der Waals surface area contributed by atoms with E-state index in [-0.39, 0.29) is 0 Å². The zero-order valence-electron chi connectivity index (χ0n) is 12.8. The first-order valence-electron chi connectivity index (χ1n) is 7.26. The Morgan fingerprint density at radius 3 is 2.74 bits per heavy atom. The number of thiocarbonyl (C=S) groups is 1. The van der Waals surface area contributed by atoms with Gasteiger partial charge in [-0.1, -0.05) is 36.7 Å². The molecule has 0 radical (unpaired) electrons. The van der Waals surface area contributed by atoms with Crippen LogP contribution < -0.4 is 15.5 Å². The number of rotatable bonds is 6. The maximum Gasteiger partial charge on any atom is 0.191 e. The Morgan fingerprint density at radius 2 is 2.04 bits per heavy atom. The molecule has 0 aliphatic carbocycles. The highest BCUT2D eigenvalue weighted by atomic mass is 35.5. The first-order valence-corrected chi connectivity index (χ1v) is 8.05. The van der Waals surface area contributed by atoms with Gasteiger partial charge in [-0.2, -0.15) is 5.10 Å². The summed E-state index contributed by atoms with van der Waals surface area (Å²) in [6, 6.07) is 15.2. The van der Waals surface area contributed by atoms with E-state index < -0.39 is 0 Å². The minimum atomic E-state index is 0.418.